The quantitative estimate of drug-likeness (QED) is 0.775. The summed E-state index contributed by atoms with van der Waals surface area (Å²) in [7, 11) is 0. The summed E-state index contributed by atoms with van der Waals surface area (Å²) in [5, 5.41) is 6.19. The van der Waals surface area contributed by atoms with E-state index in [0.717, 1.165) is 45.4 Å². The largest absolute Gasteiger partial charge is 0.342 e. The molecule has 0 aromatic heterocycles. The van der Waals surface area contributed by atoms with E-state index in [-0.39, 0.29) is 5.91 Å². The van der Waals surface area contributed by atoms with Crippen molar-refractivity contribution in [3.05, 3.63) is 0 Å². The minimum atomic E-state index is -0.392. The smallest absolute Gasteiger partial charge is 0.252 e. The van der Waals surface area contributed by atoms with Gasteiger partial charge in [0.1, 0.15) is 5.54 Å². The lowest BCUT2D eigenvalue weighted by Gasteiger charge is -2.37. The highest BCUT2D eigenvalue weighted by Crippen LogP contribution is 2.25. The van der Waals surface area contributed by atoms with Crippen LogP contribution in [0.25, 0.3) is 0 Å². The Kier molecular flexibility index (Phi) is 4.22. The Balaban J connectivity index is 1.95. The topological polar surface area (TPSA) is 56.7 Å². The van der Waals surface area contributed by atoms with Gasteiger partial charge >= 0.3 is 0 Å². The molecule has 0 aromatic rings. The molecule has 2 fully saturated rings. The fourth-order valence-electron chi connectivity index (χ4n) is 2.67. The van der Waals surface area contributed by atoms with E-state index in [4.69, 9.17) is 0 Å². The van der Waals surface area contributed by atoms with Gasteiger partial charge in [0.25, 0.3) is 5.91 Å². The van der Waals surface area contributed by atoms with E-state index in [1.165, 1.54) is 6.42 Å². The summed E-state index contributed by atoms with van der Waals surface area (Å²) in [4.78, 5) is 18.9. The summed E-state index contributed by atoms with van der Waals surface area (Å²) in [5.74, 6) is 0.777. The van der Waals surface area contributed by atoms with Crippen molar-refractivity contribution in [3.63, 3.8) is 0 Å². The van der Waals surface area contributed by atoms with Gasteiger partial charge in [-0.2, -0.15) is 0 Å². The van der Waals surface area contributed by atoms with Crippen LogP contribution in [0.4, 0.5) is 0 Å². The van der Waals surface area contributed by atoms with Crippen LogP contribution in [0.1, 0.15) is 39.5 Å². The molecule has 0 saturated carbocycles. The normalized spacial score (nSPS) is 25.4. The lowest BCUT2D eigenvalue weighted by Crippen LogP contribution is -2.54. The van der Waals surface area contributed by atoms with Gasteiger partial charge < -0.3 is 10.2 Å². The van der Waals surface area contributed by atoms with E-state index in [2.05, 4.69) is 34.4 Å². The molecule has 0 aromatic carbocycles. The summed E-state index contributed by atoms with van der Waals surface area (Å²) in [5.41, 5.74) is -0.392. The van der Waals surface area contributed by atoms with Gasteiger partial charge in [0, 0.05) is 19.6 Å². The number of hydrogen-bond donors (Lipinski definition) is 2. The maximum Gasteiger partial charge on any atom is 0.252 e. The average molecular weight is 252 g/mol. The van der Waals surface area contributed by atoms with E-state index in [9.17, 15) is 4.79 Å². The minimum absolute atomic E-state index is 0.105. The van der Waals surface area contributed by atoms with Gasteiger partial charge in [-0.15, -0.1) is 0 Å². The molecule has 0 radical (unpaired) electrons. The second-order valence-electron chi connectivity index (χ2n) is 5.23. The van der Waals surface area contributed by atoms with Crippen LogP contribution in [0, 0.1) is 0 Å². The van der Waals surface area contributed by atoms with Crippen LogP contribution in [-0.4, -0.2) is 48.5 Å². The standard InChI is InChI=1S/C13H24N4O/c1-3-7-14-12-15-11(18)13(16-12)5-9-17(8-4-2)10-6-13/h3-10H2,1-2H3,(H2,14,15,16,18). The Bertz CT molecular complexity index is 332. The molecule has 2 heterocycles. The summed E-state index contributed by atoms with van der Waals surface area (Å²) in [6.45, 7) is 8.17. The number of carbonyl (C=O) groups is 1. The lowest BCUT2D eigenvalue weighted by molar-refractivity contribution is -0.125. The van der Waals surface area contributed by atoms with Crippen molar-refractivity contribution in [2.45, 2.75) is 45.1 Å². The van der Waals surface area contributed by atoms with Gasteiger partial charge in [0.2, 0.25) is 0 Å². The summed E-state index contributed by atoms with van der Waals surface area (Å²) in [6.07, 6.45) is 3.93. The van der Waals surface area contributed by atoms with Crippen LogP contribution in [-0.2, 0) is 4.79 Å². The molecular weight excluding hydrogens is 228 g/mol. The molecule has 1 spiro atoms. The number of amides is 1. The summed E-state index contributed by atoms with van der Waals surface area (Å²) < 4.78 is 0. The van der Waals surface area contributed by atoms with Crippen LogP contribution in [0.15, 0.2) is 4.99 Å². The summed E-state index contributed by atoms with van der Waals surface area (Å²) >= 11 is 0. The predicted octanol–water partition coefficient (Wildman–Crippen LogP) is 0.716. The molecule has 2 N–H and O–H groups in total. The molecule has 5 nitrogen and oxygen atoms in total. The zero-order chi connectivity index (χ0) is 13.0. The Morgan fingerprint density at radius 1 is 1.28 bits per heavy atom. The van der Waals surface area contributed by atoms with Crippen molar-refractivity contribution in [1.82, 2.24) is 15.5 Å². The number of likely N-dealkylation sites (tertiary alicyclic amines) is 1. The SMILES string of the molecule is CCCN=C1NC(=O)C2(CCN(CCC)CC2)N1. The highest BCUT2D eigenvalue weighted by molar-refractivity contribution is 6.09. The first-order valence-corrected chi connectivity index (χ1v) is 7.06. The van der Waals surface area contributed by atoms with Crippen LogP contribution in [0.3, 0.4) is 0 Å². The second-order valence-corrected chi connectivity index (χ2v) is 5.23. The molecule has 0 atom stereocenters. The van der Waals surface area contributed by atoms with Crippen molar-refractivity contribution in [3.8, 4) is 0 Å². The average Bonchev–Trinajstić information content (AvgIpc) is 2.67. The van der Waals surface area contributed by atoms with Crippen LogP contribution in [0.2, 0.25) is 0 Å². The molecule has 5 heteroatoms. The van der Waals surface area contributed by atoms with Gasteiger partial charge in [0.05, 0.1) is 0 Å². The third-order valence-corrected chi connectivity index (χ3v) is 3.77. The zero-order valence-electron chi connectivity index (χ0n) is 11.5. The molecule has 2 saturated heterocycles. The van der Waals surface area contributed by atoms with E-state index < -0.39 is 5.54 Å². The van der Waals surface area contributed by atoms with Gasteiger partial charge in [-0.25, -0.2) is 0 Å². The first-order chi connectivity index (χ1) is 8.70. The number of nitrogens with one attached hydrogen (secondary N) is 2. The van der Waals surface area contributed by atoms with Crippen LogP contribution < -0.4 is 10.6 Å². The number of hydrogen-bond acceptors (Lipinski definition) is 3. The Morgan fingerprint density at radius 3 is 2.61 bits per heavy atom. The number of rotatable bonds is 4. The number of carbonyl (C=O) groups excluding carboxylic acids is 1. The zero-order valence-corrected chi connectivity index (χ0v) is 11.5. The van der Waals surface area contributed by atoms with E-state index in [0.29, 0.717) is 5.96 Å². The number of piperidine rings is 1. The molecule has 2 aliphatic heterocycles. The second kappa shape index (κ2) is 5.69. The molecule has 2 aliphatic rings. The lowest BCUT2D eigenvalue weighted by atomic mass is 9.88. The first-order valence-electron chi connectivity index (χ1n) is 7.06. The van der Waals surface area contributed by atoms with E-state index in [1.807, 2.05) is 0 Å². The van der Waals surface area contributed by atoms with E-state index >= 15 is 0 Å². The van der Waals surface area contributed by atoms with Crippen molar-refractivity contribution in [2.24, 2.45) is 4.99 Å². The molecule has 2 rings (SSSR count). The maximum atomic E-state index is 12.1. The minimum Gasteiger partial charge on any atom is -0.342 e. The molecular formula is C13H24N4O. The molecule has 102 valence electrons. The molecule has 18 heavy (non-hydrogen) atoms. The third-order valence-electron chi connectivity index (χ3n) is 3.77. The van der Waals surface area contributed by atoms with E-state index in [1.54, 1.807) is 0 Å². The fourth-order valence-corrected chi connectivity index (χ4v) is 2.67. The van der Waals surface area contributed by atoms with Crippen molar-refractivity contribution >= 4 is 11.9 Å². The number of guanidine groups is 1. The van der Waals surface area contributed by atoms with Gasteiger partial charge in [0.15, 0.2) is 5.96 Å². The van der Waals surface area contributed by atoms with Crippen LogP contribution >= 0.6 is 0 Å². The first kappa shape index (κ1) is 13.3. The van der Waals surface area contributed by atoms with Gasteiger partial charge in [-0.1, -0.05) is 13.8 Å². The van der Waals surface area contributed by atoms with Crippen LogP contribution in [0.5, 0.6) is 0 Å². The molecule has 1 amide bonds. The van der Waals surface area contributed by atoms with Crippen molar-refractivity contribution in [2.75, 3.05) is 26.2 Å². The maximum absolute atomic E-state index is 12.1. The highest BCUT2D eigenvalue weighted by Gasteiger charge is 2.46. The Hall–Kier alpha value is -1.10. The number of aliphatic imine (C=N–C) groups is 1. The Morgan fingerprint density at radius 2 is 2.00 bits per heavy atom. The van der Waals surface area contributed by atoms with Gasteiger partial charge in [-0.05, 0) is 32.2 Å². The van der Waals surface area contributed by atoms with Gasteiger partial charge in [-0.3, -0.25) is 15.1 Å². The van der Waals surface area contributed by atoms with Crippen molar-refractivity contribution in [1.29, 1.82) is 0 Å². The summed E-state index contributed by atoms with van der Waals surface area (Å²) in [6, 6.07) is 0. The Labute approximate surface area is 109 Å². The molecule has 0 aliphatic carbocycles. The predicted molar refractivity (Wildman–Crippen MR) is 72.6 cm³/mol. The monoisotopic (exact) mass is 252 g/mol. The fraction of sp³-hybridized carbons (Fsp3) is 0.846. The van der Waals surface area contributed by atoms with Crippen molar-refractivity contribution < 1.29 is 4.79 Å². The third kappa shape index (κ3) is 2.66. The number of nitrogens with zero attached hydrogens (tertiary/aromatic N) is 2. The highest BCUT2D eigenvalue weighted by atomic mass is 16.2. The molecule has 0 unspecified atom stereocenters. The molecule has 0 bridgehead atoms.